The number of sulfone groups is 1. The van der Waals surface area contributed by atoms with Gasteiger partial charge in [0.1, 0.15) is 16.8 Å². The summed E-state index contributed by atoms with van der Waals surface area (Å²) in [4.78, 5) is 12.8. The third-order valence-electron chi connectivity index (χ3n) is 5.07. The third-order valence-corrected chi connectivity index (χ3v) is 7.13. The van der Waals surface area contributed by atoms with Crippen molar-refractivity contribution in [2.45, 2.75) is 17.1 Å². The Balaban J connectivity index is 1.91. The van der Waals surface area contributed by atoms with Gasteiger partial charge in [0.15, 0.2) is 21.3 Å². The Morgan fingerprint density at radius 1 is 1.06 bits per heavy atom. The standard InChI is InChI=1S/C23H24FNO7S/c1-14-10-16(7-8-17(14)24)33(27,28)21(18-6-5-9-32-18)13-25-23(26)15-11-19(29-2)22(31-4)20(12-15)30-3/h5-12,21H,13H2,1-4H3,(H,25,26)/t21-/m0/s1. The number of carbonyl (C=O) groups is 1. The van der Waals surface area contributed by atoms with Gasteiger partial charge in [0.2, 0.25) is 5.75 Å². The SMILES string of the molecule is COc1cc(C(=O)NC[C@@H](c2ccco2)S(=O)(=O)c2ccc(F)c(C)c2)cc(OC)c1OC. The van der Waals surface area contributed by atoms with Crippen molar-refractivity contribution >= 4 is 15.7 Å². The molecule has 0 bridgehead atoms. The average molecular weight is 478 g/mol. The summed E-state index contributed by atoms with van der Waals surface area (Å²) in [6, 6.07) is 9.50. The molecule has 3 rings (SSSR count). The van der Waals surface area contributed by atoms with Crippen molar-refractivity contribution in [3.05, 3.63) is 71.4 Å². The molecule has 0 spiro atoms. The molecule has 1 N–H and O–H groups in total. The number of hydrogen-bond donors (Lipinski definition) is 1. The molecule has 1 atom stereocenters. The van der Waals surface area contributed by atoms with Crippen LogP contribution in [0.5, 0.6) is 17.2 Å². The Bertz CT molecular complexity index is 1210. The van der Waals surface area contributed by atoms with Crippen LogP contribution in [0.3, 0.4) is 0 Å². The molecule has 2 aromatic carbocycles. The highest BCUT2D eigenvalue weighted by Crippen LogP contribution is 2.38. The van der Waals surface area contributed by atoms with E-state index in [0.29, 0.717) is 5.75 Å². The van der Waals surface area contributed by atoms with Crippen LogP contribution in [0.2, 0.25) is 0 Å². The first-order valence-electron chi connectivity index (χ1n) is 9.84. The highest BCUT2D eigenvalue weighted by molar-refractivity contribution is 7.91. The van der Waals surface area contributed by atoms with Crippen molar-refractivity contribution in [1.29, 1.82) is 0 Å². The van der Waals surface area contributed by atoms with Crippen LogP contribution in [-0.4, -0.2) is 42.2 Å². The first kappa shape index (κ1) is 24.1. The van der Waals surface area contributed by atoms with Crippen LogP contribution in [0.15, 0.2) is 58.0 Å². The number of rotatable bonds is 9. The van der Waals surface area contributed by atoms with Crippen molar-refractivity contribution in [3.63, 3.8) is 0 Å². The van der Waals surface area contributed by atoms with Gasteiger partial charge >= 0.3 is 0 Å². The molecule has 0 aliphatic heterocycles. The lowest BCUT2D eigenvalue weighted by Crippen LogP contribution is -2.32. The van der Waals surface area contributed by atoms with Gasteiger partial charge in [-0.2, -0.15) is 0 Å². The minimum absolute atomic E-state index is 0.0789. The van der Waals surface area contributed by atoms with E-state index in [4.69, 9.17) is 18.6 Å². The van der Waals surface area contributed by atoms with E-state index >= 15 is 0 Å². The zero-order valence-corrected chi connectivity index (χ0v) is 19.4. The Labute approximate surface area is 191 Å². The lowest BCUT2D eigenvalue weighted by molar-refractivity contribution is 0.0952. The van der Waals surface area contributed by atoms with Crippen molar-refractivity contribution in [2.75, 3.05) is 27.9 Å². The Morgan fingerprint density at radius 2 is 1.73 bits per heavy atom. The normalized spacial score (nSPS) is 12.2. The largest absolute Gasteiger partial charge is 0.493 e. The van der Waals surface area contributed by atoms with Crippen molar-refractivity contribution in [3.8, 4) is 17.2 Å². The van der Waals surface area contributed by atoms with E-state index in [9.17, 15) is 17.6 Å². The van der Waals surface area contributed by atoms with Gasteiger partial charge in [-0.25, -0.2) is 12.8 Å². The molecular formula is C23H24FNO7S. The number of nitrogens with one attached hydrogen (secondary N) is 1. The molecule has 176 valence electrons. The molecule has 0 aliphatic rings. The molecular weight excluding hydrogens is 453 g/mol. The highest BCUT2D eigenvalue weighted by Gasteiger charge is 2.32. The number of methoxy groups -OCH3 is 3. The summed E-state index contributed by atoms with van der Waals surface area (Å²) in [6.45, 7) is 1.18. The number of ether oxygens (including phenoxy) is 3. The van der Waals surface area contributed by atoms with Gasteiger partial charge in [0.25, 0.3) is 5.91 Å². The Kier molecular flexibility index (Phi) is 7.27. The van der Waals surface area contributed by atoms with E-state index in [2.05, 4.69) is 5.32 Å². The zero-order valence-electron chi connectivity index (χ0n) is 18.5. The molecule has 10 heteroatoms. The van der Waals surface area contributed by atoms with Crippen LogP contribution in [0, 0.1) is 12.7 Å². The van der Waals surface area contributed by atoms with Crippen LogP contribution >= 0.6 is 0 Å². The molecule has 33 heavy (non-hydrogen) atoms. The second-order valence-corrected chi connectivity index (χ2v) is 9.21. The van der Waals surface area contributed by atoms with Crippen LogP contribution in [0.25, 0.3) is 0 Å². The van der Waals surface area contributed by atoms with E-state index in [0.717, 1.165) is 6.07 Å². The molecule has 0 radical (unpaired) electrons. The molecule has 0 unspecified atom stereocenters. The third kappa shape index (κ3) is 4.95. The summed E-state index contributed by atoms with van der Waals surface area (Å²) >= 11 is 0. The number of hydrogen-bond acceptors (Lipinski definition) is 7. The molecule has 8 nitrogen and oxygen atoms in total. The number of aryl methyl sites for hydroxylation is 1. The van der Waals surface area contributed by atoms with Gasteiger partial charge in [0, 0.05) is 12.1 Å². The van der Waals surface area contributed by atoms with Gasteiger partial charge in [-0.15, -0.1) is 0 Å². The minimum atomic E-state index is -4.02. The zero-order chi connectivity index (χ0) is 24.2. The maximum absolute atomic E-state index is 13.7. The summed E-state index contributed by atoms with van der Waals surface area (Å²) in [6.07, 6.45) is 1.34. The number of amides is 1. The fourth-order valence-electron chi connectivity index (χ4n) is 3.30. The topological polar surface area (TPSA) is 104 Å². The number of benzene rings is 2. The predicted octanol–water partition coefficient (Wildman–Crippen LogP) is 3.70. The quantitative estimate of drug-likeness (QED) is 0.469. The molecule has 0 saturated heterocycles. The molecule has 1 aromatic heterocycles. The summed E-state index contributed by atoms with van der Waals surface area (Å²) in [5, 5.41) is 1.39. The molecule has 0 saturated carbocycles. The number of carbonyl (C=O) groups excluding carboxylic acids is 1. The smallest absolute Gasteiger partial charge is 0.251 e. The van der Waals surface area contributed by atoms with E-state index < -0.39 is 26.8 Å². The maximum atomic E-state index is 13.7. The minimum Gasteiger partial charge on any atom is -0.493 e. The van der Waals surface area contributed by atoms with Crippen LogP contribution < -0.4 is 19.5 Å². The monoisotopic (exact) mass is 477 g/mol. The fraction of sp³-hybridized carbons (Fsp3) is 0.261. The van der Waals surface area contributed by atoms with Gasteiger partial charge in [-0.05, 0) is 55.0 Å². The van der Waals surface area contributed by atoms with Crippen molar-refractivity contribution in [1.82, 2.24) is 5.32 Å². The molecule has 1 heterocycles. The van der Waals surface area contributed by atoms with Gasteiger partial charge in [-0.3, -0.25) is 4.79 Å². The first-order valence-corrected chi connectivity index (χ1v) is 11.4. The van der Waals surface area contributed by atoms with Crippen molar-refractivity contribution < 1.29 is 36.2 Å². The Hall–Kier alpha value is -3.53. The molecule has 1 amide bonds. The number of halogens is 1. The van der Waals surface area contributed by atoms with Crippen LogP contribution in [0.4, 0.5) is 4.39 Å². The lowest BCUT2D eigenvalue weighted by Gasteiger charge is -2.18. The summed E-state index contributed by atoms with van der Waals surface area (Å²) in [5.74, 6) is -0.0603. The molecule has 3 aromatic rings. The lowest BCUT2D eigenvalue weighted by atomic mass is 10.1. The maximum Gasteiger partial charge on any atom is 0.251 e. The number of furan rings is 1. The van der Waals surface area contributed by atoms with Gasteiger partial charge < -0.3 is 23.9 Å². The molecule has 0 aliphatic carbocycles. The molecule has 0 fully saturated rings. The van der Waals surface area contributed by atoms with E-state index in [1.165, 1.54) is 64.8 Å². The van der Waals surface area contributed by atoms with E-state index in [1.54, 1.807) is 6.07 Å². The second-order valence-electron chi connectivity index (χ2n) is 7.08. The van der Waals surface area contributed by atoms with Gasteiger partial charge in [0.05, 0.1) is 32.5 Å². The van der Waals surface area contributed by atoms with E-state index in [1.807, 2.05) is 0 Å². The van der Waals surface area contributed by atoms with Gasteiger partial charge in [-0.1, -0.05) is 0 Å². The van der Waals surface area contributed by atoms with Crippen molar-refractivity contribution in [2.24, 2.45) is 0 Å². The first-order chi connectivity index (χ1) is 15.7. The Morgan fingerprint density at radius 3 is 2.24 bits per heavy atom. The summed E-state index contributed by atoms with van der Waals surface area (Å²) in [7, 11) is 0.258. The summed E-state index contributed by atoms with van der Waals surface area (Å²) in [5.41, 5.74) is 0.369. The summed E-state index contributed by atoms with van der Waals surface area (Å²) < 4.78 is 61.5. The highest BCUT2D eigenvalue weighted by atomic mass is 32.2. The van der Waals surface area contributed by atoms with Crippen LogP contribution in [0.1, 0.15) is 26.9 Å². The fourth-order valence-corrected chi connectivity index (χ4v) is 4.97. The predicted molar refractivity (Wildman–Crippen MR) is 118 cm³/mol. The van der Waals surface area contributed by atoms with E-state index in [-0.39, 0.29) is 39.8 Å². The average Bonchev–Trinajstić information content (AvgIpc) is 3.33. The van der Waals surface area contributed by atoms with Crippen LogP contribution in [-0.2, 0) is 9.84 Å². The second kappa shape index (κ2) is 9.95.